The van der Waals surface area contributed by atoms with E-state index in [1.807, 2.05) is 0 Å². The van der Waals surface area contributed by atoms with Crippen LogP contribution in [0.3, 0.4) is 0 Å². The lowest BCUT2D eigenvalue weighted by Crippen LogP contribution is -2.35. The van der Waals surface area contributed by atoms with Crippen LogP contribution < -0.4 is 16.0 Å². The van der Waals surface area contributed by atoms with Crippen LogP contribution in [0.4, 0.5) is 10.5 Å². The fourth-order valence-corrected chi connectivity index (χ4v) is 0.889. The van der Waals surface area contributed by atoms with Crippen molar-refractivity contribution in [1.82, 2.24) is 10.6 Å². The van der Waals surface area contributed by atoms with Crippen LogP contribution in [-0.2, 0) is 0 Å². The first kappa shape index (κ1) is 10.3. The minimum absolute atomic E-state index is 0.172. The zero-order valence-corrected chi connectivity index (χ0v) is 7.87. The molecule has 0 atom stereocenters. The molecule has 1 aromatic carbocycles. The summed E-state index contributed by atoms with van der Waals surface area (Å²) in [7, 11) is 1.74. The third-order valence-electron chi connectivity index (χ3n) is 1.55. The van der Waals surface area contributed by atoms with Gasteiger partial charge in [0.1, 0.15) is 5.75 Å². The van der Waals surface area contributed by atoms with Crippen molar-refractivity contribution in [3.8, 4) is 5.75 Å². The second-order valence-corrected chi connectivity index (χ2v) is 2.71. The molecule has 0 aliphatic carbocycles. The Bertz CT molecular complexity index is 297. The second kappa shape index (κ2) is 5.08. The molecular formula is C9H13N3O2. The van der Waals surface area contributed by atoms with Gasteiger partial charge in [-0.3, -0.25) is 0 Å². The molecule has 5 heteroatoms. The highest BCUT2D eigenvalue weighted by Gasteiger charge is 1.99. The summed E-state index contributed by atoms with van der Waals surface area (Å²) in [5.41, 5.74) is 0.636. The van der Waals surface area contributed by atoms with Crippen molar-refractivity contribution in [2.45, 2.75) is 0 Å². The van der Waals surface area contributed by atoms with Crippen LogP contribution >= 0.6 is 0 Å². The Balaban J connectivity index is 2.44. The van der Waals surface area contributed by atoms with E-state index >= 15 is 0 Å². The van der Waals surface area contributed by atoms with Crippen molar-refractivity contribution in [1.29, 1.82) is 0 Å². The molecule has 2 amide bonds. The lowest BCUT2D eigenvalue weighted by molar-refractivity contribution is 0.251. The van der Waals surface area contributed by atoms with E-state index in [0.717, 1.165) is 0 Å². The Hall–Kier alpha value is -1.75. The molecule has 1 aromatic rings. The number of benzene rings is 1. The van der Waals surface area contributed by atoms with Crippen molar-refractivity contribution < 1.29 is 9.90 Å². The number of carbonyl (C=O) groups is 1. The molecule has 0 bridgehead atoms. The first-order valence-corrected chi connectivity index (χ1v) is 4.21. The van der Waals surface area contributed by atoms with Gasteiger partial charge in [0.15, 0.2) is 0 Å². The number of anilines is 1. The fourth-order valence-electron chi connectivity index (χ4n) is 0.889. The van der Waals surface area contributed by atoms with Crippen LogP contribution in [0.5, 0.6) is 5.75 Å². The van der Waals surface area contributed by atoms with E-state index in [1.54, 1.807) is 19.2 Å². The molecule has 14 heavy (non-hydrogen) atoms. The molecule has 0 saturated carbocycles. The van der Waals surface area contributed by atoms with Crippen LogP contribution in [0, 0.1) is 0 Å². The van der Waals surface area contributed by atoms with Crippen LogP contribution in [0.15, 0.2) is 24.3 Å². The molecule has 5 nitrogen and oxygen atoms in total. The zero-order valence-electron chi connectivity index (χ0n) is 7.87. The van der Waals surface area contributed by atoms with E-state index in [0.29, 0.717) is 12.4 Å². The molecule has 0 fully saturated rings. The number of amides is 2. The Labute approximate surface area is 82.1 Å². The van der Waals surface area contributed by atoms with Crippen LogP contribution in [0.25, 0.3) is 0 Å². The predicted molar refractivity (Wildman–Crippen MR) is 54.2 cm³/mol. The largest absolute Gasteiger partial charge is 0.508 e. The molecule has 0 aliphatic heterocycles. The fraction of sp³-hybridized carbons (Fsp3) is 0.222. The maximum atomic E-state index is 11.1. The summed E-state index contributed by atoms with van der Waals surface area (Å²) in [5, 5.41) is 16.9. The quantitative estimate of drug-likeness (QED) is 0.423. The molecule has 0 saturated heterocycles. The van der Waals surface area contributed by atoms with Gasteiger partial charge in [0.05, 0.1) is 6.67 Å². The molecule has 0 radical (unpaired) electrons. The Morgan fingerprint density at radius 3 is 2.57 bits per heavy atom. The molecule has 4 N–H and O–H groups in total. The van der Waals surface area contributed by atoms with Crippen molar-refractivity contribution >= 4 is 11.7 Å². The lowest BCUT2D eigenvalue weighted by Gasteiger charge is -2.06. The van der Waals surface area contributed by atoms with Gasteiger partial charge in [-0.1, -0.05) is 0 Å². The summed E-state index contributed by atoms with van der Waals surface area (Å²) >= 11 is 0. The SMILES string of the molecule is CNCNC(=O)Nc1ccc(O)cc1. The summed E-state index contributed by atoms with van der Waals surface area (Å²) in [4.78, 5) is 11.1. The average molecular weight is 195 g/mol. The van der Waals surface area contributed by atoms with Gasteiger partial charge >= 0.3 is 6.03 Å². The topological polar surface area (TPSA) is 73.4 Å². The van der Waals surface area contributed by atoms with E-state index in [4.69, 9.17) is 5.11 Å². The highest BCUT2D eigenvalue weighted by atomic mass is 16.3. The molecule has 1 rings (SSSR count). The number of hydrogen-bond donors (Lipinski definition) is 4. The number of phenols is 1. The number of nitrogens with one attached hydrogen (secondary N) is 3. The first-order chi connectivity index (χ1) is 6.72. The molecule has 0 unspecified atom stereocenters. The Morgan fingerprint density at radius 1 is 1.36 bits per heavy atom. The molecule has 0 spiro atoms. The smallest absolute Gasteiger partial charge is 0.320 e. The molecular weight excluding hydrogens is 182 g/mol. The Kier molecular flexibility index (Phi) is 3.75. The molecule has 0 heterocycles. The number of carbonyl (C=O) groups excluding carboxylic acids is 1. The number of urea groups is 1. The third kappa shape index (κ3) is 3.32. The summed E-state index contributed by atoms with van der Waals surface area (Å²) in [6.07, 6.45) is 0. The third-order valence-corrected chi connectivity index (χ3v) is 1.55. The van der Waals surface area contributed by atoms with E-state index in [-0.39, 0.29) is 11.8 Å². The number of phenolic OH excluding ortho intramolecular Hbond substituents is 1. The normalized spacial score (nSPS) is 9.50. The van der Waals surface area contributed by atoms with Crippen molar-refractivity contribution in [2.75, 3.05) is 19.0 Å². The monoisotopic (exact) mass is 195 g/mol. The number of aromatic hydroxyl groups is 1. The maximum Gasteiger partial charge on any atom is 0.320 e. The highest BCUT2D eigenvalue weighted by Crippen LogP contribution is 2.13. The van der Waals surface area contributed by atoms with Gasteiger partial charge in [-0.2, -0.15) is 0 Å². The lowest BCUT2D eigenvalue weighted by atomic mass is 10.3. The van der Waals surface area contributed by atoms with E-state index < -0.39 is 0 Å². The van der Waals surface area contributed by atoms with Crippen LogP contribution in [0.1, 0.15) is 0 Å². The molecule has 0 aliphatic rings. The molecule has 76 valence electrons. The van der Waals surface area contributed by atoms with Crippen molar-refractivity contribution in [3.63, 3.8) is 0 Å². The predicted octanol–water partition coefficient (Wildman–Crippen LogP) is 0.691. The zero-order chi connectivity index (χ0) is 10.4. The van der Waals surface area contributed by atoms with Crippen molar-refractivity contribution in [2.24, 2.45) is 0 Å². The standard InChI is InChI=1S/C9H13N3O2/c1-10-6-11-9(14)12-7-2-4-8(13)5-3-7/h2-5,10,13H,6H2,1H3,(H2,11,12,14). The summed E-state index contributed by atoms with van der Waals surface area (Å²) in [5.74, 6) is 0.172. The van der Waals surface area contributed by atoms with Crippen LogP contribution in [0.2, 0.25) is 0 Å². The highest BCUT2D eigenvalue weighted by molar-refractivity contribution is 5.89. The summed E-state index contributed by atoms with van der Waals surface area (Å²) < 4.78 is 0. The van der Waals surface area contributed by atoms with Gasteiger partial charge in [0.25, 0.3) is 0 Å². The van der Waals surface area contributed by atoms with Crippen molar-refractivity contribution in [3.05, 3.63) is 24.3 Å². The van der Waals surface area contributed by atoms with Crippen LogP contribution in [-0.4, -0.2) is 24.9 Å². The number of rotatable bonds is 3. The van der Waals surface area contributed by atoms with Gasteiger partial charge in [-0.05, 0) is 31.3 Å². The van der Waals surface area contributed by atoms with Gasteiger partial charge in [-0.15, -0.1) is 0 Å². The average Bonchev–Trinajstić information content (AvgIpc) is 2.18. The van der Waals surface area contributed by atoms with Gasteiger partial charge in [0.2, 0.25) is 0 Å². The summed E-state index contributed by atoms with van der Waals surface area (Å²) in [6.45, 7) is 0.407. The maximum absolute atomic E-state index is 11.1. The summed E-state index contributed by atoms with van der Waals surface area (Å²) in [6, 6.07) is 5.97. The van der Waals surface area contributed by atoms with Gasteiger partial charge in [0, 0.05) is 5.69 Å². The molecule has 0 aromatic heterocycles. The Morgan fingerprint density at radius 2 is 2.00 bits per heavy atom. The first-order valence-electron chi connectivity index (χ1n) is 4.21. The van der Waals surface area contributed by atoms with E-state index in [1.165, 1.54) is 12.1 Å². The second-order valence-electron chi connectivity index (χ2n) is 2.71. The number of hydrogen-bond acceptors (Lipinski definition) is 3. The van der Waals surface area contributed by atoms with Gasteiger partial charge < -0.3 is 21.1 Å². The minimum atomic E-state index is -0.287. The van der Waals surface area contributed by atoms with Gasteiger partial charge in [-0.25, -0.2) is 4.79 Å². The van der Waals surface area contributed by atoms with E-state index in [2.05, 4.69) is 16.0 Å². The minimum Gasteiger partial charge on any atom is -0.508 e. The van der Waals surface area contributed by atoms with E-state index in [9.17, 15) is 4.79 Å².